The van der Waals surface area contributed by atoms with E-state index < -0.39 is 18.3 Å². The van der Waals surface area contributed by atoms with Gasteiger partial charge in [-0.05, 0) is 31.2 Å². The molecule has 10 nitrogen and oxygen atoms in total. The largest absolute Gasteiger partial charge is 0.497 e. The quantitative estimate of drug-likeness (QED) is 0.271. The zero-order valence-electron chi connectivity index (χ0n) is 26.6. The van der Waals surface area contributed by atoms with Gasteiger partial charge < -0.3 is 19.7 Å². The van der Waals surface area contributed by atoms with Crippen molar-refractivity contribution in [3.8, 4) is 22.6 Å². The fourth-order valence-electron chi connectivity index (χ4n) is 4.63. The summed E-state index contributed by atoms with van der Waals surface area (Å²) in [6, 6.07) is 4.76. The molecule has 0 radical (unpaired) electrons. The highest BCUT2D eigenvalue weighted by molar-refractivity contribution is 6.35. The number of methoxy groups -OCH3 is 2. The number of nitrogens with zero attached hydrogens (tertiary/aromatic N) is 5. The molecule has 14 heteroatoms. The van der Waals surface area contributed by atoms with Crippen LogP contribution in [-0.4, -0.2) is 89.9 Å². The molecule has 248 valence electrons. The van der Waals surface area contributed by atoms with Crippen LogP contribution in [0.15, 0.2) is 41.8 Å². The second kappa shape index (κ2) is 17.6. The summed E-state index contributed by atoms with van der Waals surface area (Å²) < 4.78 is 50.5. The first-order chi connectivity index (χ1) is 21.5. The second-order valence-corrected chi connectivity index (χ2v) is 9.75. The Hall–Kier alpha value is -3.84. The van der Waals surface area contributed by atoms with Gasteiger partial charge in [-0.25, -0.2) is 4.98 Å². The minimum Gasteiger partial charge on any atom is -0.497 e. The Morgan fingerprint density at radius 3 is 2.29 bits per heavy atom. The van der Waals surface area contributed by atoms with Gasteiger partial charge in [0, 0.05) is 61.5 Å². The minimum atomic E-state index is -4.47. The molecule has 1 aliphatic heterocycles. The van der Waals surface area contributed by atoms with Crippen LogP contribution in [0, 0.1) is 0 Å². The number of amides is 1. The summed E-state index contributed by atoms with van der Waals surface area (Å²) in [6.07, 6.45) is -1.27. The molecule has 1 saturated heterocycles. The number of benzene rings is 1. The monoisotopic (exact) mass is 654 g/mol. The van der Waals surface area contributed by atoms with Crippen molar-refractivity contribution < 1.29 is 27.4 Å². The summed E-state index contributed by atoms with van der Waals surface area (Å²) >= 11 is 6.59. The first-order valence-electron chi connectivity index (χ1n) is 14.8. The zero-order chi connectivity index (χ0) is 33.7. The first-order valence-corrected chi connectivity index (χ1v) is 15.2. The summed E-state index contributed by atoms with van der Waals surface area (Å²) in [7, 11) is 2.92. The van der Waals surface area contributed by atoms with E-state index in [1.165, 1.54) is 31.1 Å². The summed E-state index contributed by atoms with van der Waals surface area (Å²) in [5, 5.41) is 2.81. The molecule has 1 aromatic carbocycles. The predicted molar refractivity (Wildman–Crippen MR) is 172 cm³/mol. The lowest BCUT2D eigenvalue weighted by Gasteiger charge is -2.34. The maximum Gasteiger partial charge on any atom is 0.405 e. The normalized spacial score (nSPS) is 13.2. The third-order valence-corrected chi connectivity index (χ3v) is 7.14. The van der Waals surface area contributed by atoms with Crippen LogP contribution in [0.25, 0.3) is 22.2 Å². The molecule has 3 heterocycles. The number of carbonyl (C=O) groups is 1. The number of fused-ring (bicyclic) bond motifs is 1. The van der Waals surface area contributed by atoms with Crippen LogP contribution in [-0.2, 0) is 11.3 Å². The fraction of sp³-hybridized carbons (Fsp3) is 0.484. The van der Waals surface area contributed by atoms with E-state index in [9.17, 15) is 22.8 Å². The molecular weight excluding hydrogens is 613 g/mol. The molecule has 0 bridgehead atoms. The van der Waals surface area contributed by atoms with Gasteiger partial charge in [0.15, 0.2) is 0 Å². The number of anilines is 1. The number of pyridine rings is 1. The minimum absolute atomic E-state index is 0.109. The van der Waals surface area contributed by atoms with E-state index in [0.717, 1.165) is 0 Å². The second-order valence-electron chi connectivity index (χ2n) is 9.37. The molecule has 0 spiro atoms. The van der Waals surface area contributed by atoms with Gasteiger partial charge >= 0.3 is 6.18 Å². The van der Waals surface area contributed by atoms with E-state index in [2.05, 4.69) is 26.8 Å². The summed E-state index contributed by atoms with van der Waals surface area (Å²) in [5.41, 5.74) is 0.351. The molecular formula is C31H42ClF3N6O4. The molecule has 45 heavy (non-hydrogen) atoms. The van der Waals surface area contributed by atoms with Gasteiger partial charge in [0.25, 0.3) is 5.56 Å². The molecule has 4 rings (SSSR count). The Kier molecular flexibility index (Phi) is 14.6. The van der Waals surface area contributed by atoms with Gasteiger partial charge in [-0.15, -0.1) is 0 Å². The van der Waals surface area contributed by atoms with Crippen molar-refractivity contribution in [2.45, 2.75) is 46.8 Å². The number of hydrogen-bond acceptors (Lipinski definition) is 8. The van der Waals surface area contributed by atoms with Crippen LogP contribution < -0.4 is 20.3 Å². The lowest BCUT2D eigenvalue weighted by Crippen LogP contribution is -2.48. The number of aryl methyl sites for hydroxylation is 1. The summed E-state index contributed by atoms with van der Waals surface area (Å²) in [6.45, 7) is 13.5. The Labute approximate surface area is 266 Å². The van der Waals surface area contributed by atoms with Gasteiger partial charge in [0.05, 0.1) is 19.2 Å². The lowest BCUT2D eigenvalue weighted by atomic mass is 10.0. The number of rotatable bonds is 10. The van der Waals surface area contributed by atoms with Gasteiger partial charge in [-0.1, -0.05) is 45.9 Å². The van der Waals surface area contributed by atoms with Crippen molar-refractivity contribution in [3.63, 3.8) is 0 Å². The van der Waals surface area contributed by atoms with Crippen LogP contribution in [0.3, 0.4) is 0 Å². The van der Waals surface area contributed by atoms with Gasteiger partial charge in [-0.3, -0.25) is 19.1 Å². The number of carbonyl (C=O) groups excluding carboxylic acids is 1. The highest BCUT2D eigenvalue weighted by atomic mass is 35.5. The molecule has 1 amide bonds. The smallest absolute Gasteiger partial charge is 0.405 e. The number of halogens is 4. The number of alkyl halides is 3. The average Bonchev–Trinajstić information content (AvgIpc) is 3.06. The number of aromatic nitrogens is 3. The van der Waals surface area contributed by atoms with Crippen LogP contribution in [0.4, 0.5) is 19.1 Å². The Morgan fingerprint density at radius 2 is 1.71 bits per heavy atom. The first kappa shape index (κ1) is 37.3. The van der Waals surface area contributed by atoms with Crippen LogP contribution >= 0.6 is 11.6 Å². The lowest BCUT2D eigenvalue weighted by molar-refractivity contribution is -0.127. The number of piperazine rings is 1. The maximum absolute atomic E-state index is 13.9. The van der Waals surface area contributed by atoms with Gasteiger partial charge in [-0.2, -0.15) is 18.2 Å². The summed E-state index contributed by atoms with van der Waals surface area (Å²) in [5.74, 6) is 0.371. The standard InChI is InChI=1S/C27H30ClF3N6O4.2C2H6/c1-4-22(38)36-10-8-35(9-11-36)6-5-7-37-24-17(15-32-26(34-24)33-16-27(29,30)31)12-20(25(37)39)19-13-18(40-2)14-21(41-3)23(19)28;2*1-2/h4,12-15H,1,5-11,16H2,2-3H3,(H,32,33,34);2*1-2H3. The van der Waals surface area contributed by atoms with Crippen molar-refractivity contribution in [1.29, 1.82) is 0 Å². The van der Waals surface area contributed by atoms with E-state index in [4.69, 9.17) is 21.1 Å². The maximum atomic E-state index is 13.9. The zero-order valence-corrected chi connectivity index (χ0v) is 27.4. The predicted octanol–water partition coefficient (Wildman–Crippen LogP) is 5.88. The Balaban J connectivity index is 0.00000169. The molecule has 0 unspecified atom stereocenters. The fourth-order valence-corrected chi connectivity index (χ4v) is 4.92. The number of hydrogen-bond donors (Lipinski definition) is 1. The molecule has 1 N–H and O–H groups in total. The molecule has 2 aromatic heterocycles. The van der Waals surface area contributed by atoms with E-state index in [0.29, 0.717) is 61.6 Å². The van der Waals surface area contributed by atoms with E-state index in [1.54, 1.807) is 23.1 Å². The SMILES string of the molecule is C=CC(=O)N1CCN(CCCn2c(=O)c(-c3cc(OC)cc(OC)c3Cl)cc3cnc(NCC(F)(F)F)nc32)CC1.CC.CC. The Morgan fingerprint density at radius 1 is 1.04 bits per heavy atom. The summed E-state index contributed by atoms with van der Waals surface area (Å²) in [4.78, 5) is 37.9. The van der Waals surface area contributed by atoms with Crippen LogP contribution in [0.2, 0.25) is 5.02 Å². The van der Waals surface area contributed by atoms with Crippen LogP contribution in [0.1, 0.15) is 34.1 Å². The third-order valence-electron chi connectivity index (χ3n) is 6.75. The van der Waals surface area contributed by atoms with Crippen molar-refractivity contribution in [2.24, 2.45) is 0 Å². The average molecular weight is 655 g/mol. The van der Waals surface area contributed by atoms with Gasteiger partial charge in [0.2, 0.25) is 11.9 Å². The Bertz CT molecular complexity index is 1490. The molecule has 0 saturated carbocycles. The molecule has 0 atom stereocenters. The van der Waals surface area contributed by atoms with Crippen LogP contribution in [0.5, 0.6) is 11.5 Å². The van der Waals surface area contributed by atoms with Gasteiger partial charge in [0.1, 0.15) is 23.7 Å². The molecule has 0 aliphatic carbocycles. The highest BCUT2D eigenvalue weighted by Crippen LogP contribution is 2.38. The molecule has 3 aromatic rings. The molecule has 1 aliphatic rings. The van der Waals surface area contributed by atoms with E-state index in [1.807, 2.05) is 27.7 Å². The highest BCUT2D eigenvalue weighted by Gasteiger charge is 2.27. The van der Waals surface area contributed by atoms with E-state index >= 15 is 0 Å². The van der Waals surface area contributed by atoms with Crippen molar-refractivity contribution >= 4 is 34.5 Å². The van der Waals surface area contributed by atoms with Crippen molar-refractivity contribution in [1.82, 2.24) is 24.3 Å². The number of ether oxygens (including phenoxy) is 2. The van der Waals surface area contributed by atoms with Crippen molar-refractivity contribution in [3.05, 3.63) is 52.4 Å². The van der Waals surface area contributed by atoms with Crippen molar-refractivity contribution in [2.75, 3.05) is 58.8 Å². The topological polar surface area (TPSA) is 102 Å². The molecule has 1 fully saturated rings. The third kappa shape index (κ3) is 9.82. The van der Waals surface area contributed by atoms with E-state index in [-0.39, 0.29) is 34.6 Å². The number of nitrogens with one attached hydrogen (secondary N) is 1.